The molecule has 2 atom stereocenters. The number of methoxy groups -OCH3 is 1. The highest BCUT2D eigenvalue weighted by molar-refractivity contribution is 5.85. The standard InChI is InChI=1S/C18H36N4O3/c1-6-8-10-25-15-12-14(18(15,3)4)22-17(19-7-2)21-13-16(23)20-9-11-24-5/h14-15H,6-13H2,1-5H3,(H,20,23)(H2,19,21,22). The molecule has 0 aromatic heterocycles. The van der Waals surface area contributed by atoms with Gasteiger partial charge >= 0.3 is 0 Å². The van der Waals surface area contributed by atoms with Crippen molar-refractivity contribution in [2.75, 3.05) is 40.0 Å². The van der Waals surface area contributed by atoms with Crippen molar-refractivity contribution in [3.05, 3.63) is 0 Å². The minimum Gasteiger partial charge on any atom is -0.383 e. The van der Waals surface area contributed by atoms with Crippen molar-refractivity contribution in [2.45, 2.75) is 59.1 Å². The van der Waals surface area contributed by atoms with Crippen molar-refractivity contribution in [2.24, 2.45) is 10.4 Å². The normalized spacial score (nSPS) is 22.2. The van der Waals surface area contributed by atoms with Crippen LogP contribution in [0.2, 0.25) is 0 Å². The number of nitrogens with one attached hydrogen (secondary N) is 3. The molecule has 1 saturated carbocycles. The number of hydrogen-bond donors (Lipinski definition) is 3. The molecule has 146 valence electrons. The summed E-state index contributed by atoms with van der Waals surface area (Å²) in [6, 6.07) is 0.286. The minimum atomic E-state index is -0.108. The van der Waals surface area contributed by atoms with Gasteiger partial charge in [-0.3, -0.25) is 4.79 Å². The molecular formula is C18H36N4O3. The summed E-state index contributed by atoms with van der Waals surface area (Å²) in [6.45, 7) is 11.3. The molecule has 0 bridgehead atoms. The predicted octanol–water partition coefficient (Wildman–Crippen LogP) is 1.29. The van der Waals surface area contributed by atoms with Gasteiger partial charge in [0.2, 0.25) is 5.91 Å². The molecule has 0 spiro atoms. The lowest BCUT2D eigenvalue weighted by Crippen LogP contribution is -2.63. The molecule has 1 fully saturated rings. The van der Waals surface area contributed by atoms with Crippen molar-refractivity contribution in [3.63, 3.8) is 0 Å². The second kappa shape index (κ2) is 11.3. The molecule has 1 aliphatic rings. The third-order valence-electron chi connectivity index (χ3n) is 4.66. The maximum atomic E-state index is 11.8. The maximum absolute atomic E-state index is 11.8. The first kappa shape index (κ1) is 21.7. The SMILES string of the molecule is CCCCOC1CC(NC(=NCC(=O)NCCOC)NCC)C1(C)C. The molecular weight excluding hydrogens is 320 g/mol. The second-order valence-electron chi connectivity index (χ2n) is 7.00. The van der Waals surface area contributed by atoms with Crippen LogP contribution in [0.15, 0.2) is 4.99 Å². The fourth-order valence-corrected chi connectivity index (χ4v) is 2.77. The van der Waals surface area contributed by atoms with E-state index in [1.54, 1.807) is 7.11 Å². The summed E-state index contributed by atoms with van der Waals surface area (Å²) in [4.78, 5) is 16.2. The van der Waals surface area contributed by atoms with Gasteiger partial charge in [0, 0.05) is 38.3 Å². The van der Waals surface area contributed by atoms with Gasteiger partial charge < -0.3 is 25.4 Å². The minimum absolute atomic E-state index is 0.0463. The lowest BCUT2D eigenvalue weighted by Gasteiger charge is -2.52. The van der Waals surface area contributed by atoms with Gasteiger partial charge in [-0.2, -0.15) is 0 Å². The van der Waals surface area contributed by atoms with E-state index in [0.717, 1.165) is 32.4 Å². The highest BCUT2D eigenvalue weighted by Gasteiger charge is 2.49. The fourth-order valence-electron chi connectivity index (χ4n) is 2.77. The van der Waals surface area contributed by atoms with Crippen LogP contribution in [0, 0.1) is 5.41 Å². The number of carbonyl (C=O) groups excluding carboxylic acids is 1. The quantitative estimate of drug-likeness (QED) is 0.295. The fraction of sp³-hybridized carbons (Fsp3) is 0.889. The molecule has 3 N–H and O–H groups in total. The van der Waals surface area contributed by atoms with Crippen LogP contribution in [-0.4, -0.2) is 64.0 Å². The van der Waals surface area contributed by atoms with E-state index in [2.05, 4.69) is 41.7 Å². The first-order valence-electron chi connectivity index (χ1n) is 9.37. The van der Waals surface area contributed by atoms with Crippen LogP contribution in [0.3, 0.4) is 0 Å². The van der Waals surface area contributed by atoms with E-state index < -0.39 is 0 Å². The van der Waals surface area contributed by atoms with Crippen molar-refractivity contribution in [1.82, 2.24) is 16.0 Å². The highest BCUT2D eigenvalue weighted by atomic mass is 16.5. The summed E-state index contributed by atoms with van der Waals surface area (Å²) in [7, 11) is 1.61. The Morgan fingerprint density at radius 3 is 2.60 bits per heavy atom. The van der Waals surface area contributed by atoms with Gasteiger partial charge in [-0.15, -0.1) is 0 Å². The summed E-state index contributed by atoms with van der Waals surface area (Å²) < 4.78 is 10.9. The molecule has 1 aliphatic carbocycles. The van der Waals surface area contributed by atoms with Crippen LogP contribution in [0.4, 0.5) is 0 Å². The van der Waals surface area contributed by atoms with Crippen molar-refractivity contribution >= 4 is 11.9 Å². The van der Waals surface area contributed by atoms with E-state index in [1.807, 2.05) is 6.92 Å². The number of nitrogens with zero attached hydrogens (tertiary/aromatic N) is 1. The zero-order valence-electron chi connectivity index (χ0n) is 16.5. The summed E-state index contributed by atoms with van der Waals surface area (Å²) in [5.74, 6) is 0.567. The maximum Gasteiger partial charge on any atom is 0.241 e. The Labute approximate surface area is 152 Å². The smallest absolute Gasteiger partial charge is 0.241 e. The van der Waals surface area contributed by atoms with Crippen LogP contribution in [0.25, 0.3) is 0 Å². The molecule has 2 unspecified atom stereocenters. The van der Waals surface area contributed by atoms with E-state index in [9.17, 15) is 4.79 Å². The van der Waals surface area contributed by atoms with Crippen molar-refractivity contribution in [3.8, 4) is 0 Å². The van der Waals surface area contributed by atoms with E-state index in [1.165, 1.54) is 0 Å². The van der Waals surface area contributed by atoms with Gasteiger partial charge in [-0.05, 0) is 19.8 Å². The van der Waals surface area contributed by atoms with E-state index in [0.29, 0.717) is 19.1 Å². The Kier molecular flexibility index (Phi) is 9.82. The van der Waals surface area contributed by atoms with E-state index in [-0.39, 0.29) is 30.0 Å². The molecule has 0 aromatic rings. The van der Waals surface area contributed by atoms with Gasteiger partial charge in [-0.1, -0.05) is 27.2 Å². The third kappa shape index (κ3) is 7.20. The summed E-state index contributed by atoms with van der Waals surface area (Å²) in [6.07, 6.45) is 3.49. The number of amides is 1. The number of aliphatic imine (C=N–C) groups is 1. The van der Waals surface area contributed by atoms with Gasteiger partial charge in [0.25, 0.3) is 0 Å². The molecule has 0 saturated heterocycles. The topological polar surface area (TPSA) is 84.0 Å². The zero-order chi connectivity index (χ0) is 18.7. The molecule has 1 rings (SSSR count). The Morgan fingerprint density at radius 2 is 2.00 bits per heavy atom. The van der Waals surface area contributed by atoms with E-state index >= 15 is 0 Å². The number of rotatable bonds is 11. The Bertz CT molecular complexity index is 427. The predicted molar refractivity (Wildman–Crippen MR) is 101 cm³/mol. The highest BCUT2D eigenvalue weighted by Crippen LogP contribution is 2.42. The lowest BCUT2D eigenvalue weighted by molar-refractivity contribution is -0.119. The molecule has 0 aliphatic heterocycles. The first-order chi connectivity index (χ1) is 12.0. The first-order valence-corrected chi connectivity index (χ1v) is 9.37. The average Bonchev–Trinajstić information content (AvgIpc) is 2.58. The molecule has 1 amide bonds. The molecule has 7 heteroatoms. The number of unbranched alkanes of at least 4 members (excludes halogenated alkanes) is 1. The van der Waals surface area contributed by atoms with Crippen LogP contribution < -0.4 is 16.0 Å². The zero-order valence-corrected chi connectivity index (χ0v) is 16.5. The van der Waals surface area contributed by atoms with Gasteiger partial charge in [0.1, 0.15) is 6.54 Å². The molecule has 0 radical (unpaired) electrons. The monoisotopic (exact) mass is 356 g/mol. The summed E-state index contributed by atoms with van der Waals surface area (Å²) in [5, 5.41) is 9.41. The number of ether oxygens (including phenoxy) is 2. The number of hydrogen-bond acceptors (Lipinski definition) is 4. The van der Waals surface area contributed by atoms with Gasteiger partial charge in [0.15, 0.2) is 5.96 Å². The van der Waals surface area contributed by atoms with E-state index in [4.69, 9.17) is 9.47 Å². The average molecular weight is 357 g/mol. The summed E-state index contributed by atoms with van der Waals surface area (Å²) in [5.41, 5.74) is 0.0463. The Hall–Kier alpha value is -1.34. The number of carbonyl (C=O) groups is 1. The van der Waals surface area contributed by atoms with Crippen molar-refractivity contribution < 1.29 is 14.3 Å². The largest absolute Gasteiger partial charge is 0.383 e. The van der Waals surface area contributed by atoms with Crippen molar-refractivity contribution in [1.29, 1.82) is 0 Å². The lowest BCUT2D eigenvalue weighted by atomic mass is 9.64. The molecule has 0 aromatic carbocycles. The van der Waals surface area contributed by atoms with Crippen LogP contribution >= 0.6 is 0 Å². The molecule has 25 heavy (non-hydrogen) atoms. The number of guanidine groups is 1. The second-order valence-corrected chi connectivity index (χ2v) is 7.00. The molecule has 0 heterocycles. The van der Waals surface area contributed by atoms with Crippen LogP contribution in [0.1, 0.15) is 47.0 Å². The van der Waals surface area contributed by atoms with Gasteiger partial charge in [-0.25, -0.2) is 4.99 Å². The van der Waals surface area contributed by atoms with Gasteiger partial charge in [0.05, 0.1) is 12.7 Å². The Morgan fingerprint density at radius 1 is 1.24 bits per heavy atom. The third-order valence-corrected chi connectivity index (χ3v) is 4.66. The molecule has 7 nitrogen and oxygen atoms in total. The van der Waals surface area contributed by atoms with Crippen LogP contribution in [-0.2, 0) is 14.3 Å². The Balaban J connectivity index is 2.46. The summed E-state index contributed by atoms with van der Waals surface area (Å²) >= 11 is 0. The van der Waals surface area contributed by atoms with Crippen LogP contribution in [0.5, 0.6) is 0 Å².